The van der Waals surface area contributed by atoms with Gasteiger partial charge in [0.1, 0.15) is 5.75 Å². The number of hydrogen-bond donors (Lipinski definition) is 2. The molecule has 0 spiro atoms. The molecule has 23 heavy (non-hydrogen) atoms. The van der Waals surface area contributed by atoms with Crippen molar-refractivity contribution in [2.24, 2.45) is 0 Å². The Kier molecular flexibility index (Phi) is 3.69. The maximum absolute atomic E-state index is 12.6. The molecule has 3 aromatic rings. The minimum atomic E-state index is -3.75. The molecule has 0 aliphatic heterocycles. The summed E-state index contributed by atoms with van der Waals surface area (Å²) in [6, 6.07) is 11.6. The summed E-state index contributed by atoms with van der Waals surface area (Å²) < 4.78 is 27.7. The largest absolute Gasteiger partial charge is 0.507 e. The van der Waals surface area contributed by atoms with Crippen LogP contribution < -0.4 is 4.72 Å². The van der Waals surface area contributed by atoms with Crippen molar-refractivity contribution >= 4 is 26.6 Å². The second-order valence-electron chi connectivity index (χ2n) is 5.37. The number of hydrogen-bond acceptors (Lipinski definition) is 4. The van der Waals surface area contributed by atoms with Crippen molar-refractivity contribution in [3.63, 3.8) is 0 Å². The molecular formula is C17H16N2O3S. The maximum atomic E-state index is 12.6. The number of phenols is 1. The summed E-state index contributed by atoms with van der Waals surface area (Å²) in [5.74, 6) is 0.0907. The Morgan fingerprint density at radius 3 is 2.65 bits per heavy atom. The van der Waals surface area contributed by atoms with E-state index in [-0.39, 0.29) is 10.6 Å². The van der Waals surface area contributed by atoms with Crippen LogP contribution in [0, 0.1) is 13.8 Å². The van der Waals surface area contributed by atoms with Gasteiger partial charge in [-0.1, -0.05) is 12.1 Å². The first-order valence-corrected chi connectivity index (χ1v) is 8.53. The third kappa shape index (κ3) is 2.85. The van der Waals surface area contributed by atoms with Gasteiger partial charge < -0.3 is 5.11 Å². The standard InChI is InChI=1S/C17H16N2O3S/c1-11-5-7-15(12(2)17(11)20)19-23(21,22)14-6-8-16-13(10-14)4-3-9-18-16/h3-10,19-20H,1-2H3. The first-order chi connectivity index (χ1) is 10.9. The number of pyridine rings is 1. The first-order valence-electron chi connectivity index (χ1n) is 7.05. The summed E-state index contributed by atoms with van der Waals surface area (Å²) in [6.07, 6.45) is 1.66. The molecule has 0 bridgehead atoms. The number of sulfonamides is 1. The molecule has 118 valence electrons. The molecule has 5 nitrogen and oxygen atoms in total. The van der Waals surface area contributed by atoms with Crippen LogP contribution in [-0.4, -0.2) is 18.5 Å². The molecule has 0 atom stereocenters. The van der Waals surface area contributed by atoms with Gasteiger partial charge in [0.2, 0.25) is 0 Å². The van der Waals surface area contributed by atoms with E-state index >= 15 is 0 Å². The van der Waals surface area contributed by atoms with Gasteiger partial charge in [-0.25, -0.2) is 8.42 Å². The van der Waals surface area contributed by atoms with Gasteiger partial charge >= 0.3 is 0 Å². The van der Waals surface area contributed by atoms with Gasteiger partial charge in [0.15, 0.2) is 0 Å². The second-order valence-corrected chi connectivity index (χ2v) is 7.05. The SMILES string of the molecule is Cc1ccc(NS(=O)(=O)c2ccc3ncccc3c2)c(C)c1O. The summed E-state index contributed by atoms with van der Waals surface area (Å²) in [5.41, 5.74) is 2.29. The van der Waals surface area contributed by atoms with Crippen LogP contribution in [0.1, 0.15) is 11.1 Å². The minimum Gasteiger partial charge on any atom is -0.507 e. The fourth-order valence-corrected chi connectivity index (χ4v) is 3.53. The van der Waals surface area contributed by atoms with Gasteiger partial charge in [-0.3, -0.25) is 9.71 Å². The highest BCUT2D eigenvalue weighted by molar-refractivity contribution is 7.92. The summed E-state index contributed by atoms with van der Waals surface area (Å²) in [4.78, 5) is 4.33. The number of rotatable bonds is 3. The number of aromatic nitrogens is 1. The highest BCUT2D eigenvalue weighted by Gasteiger charge is 2.17. The number of anilines is 1. The predicted octanol–water partition coefficient (Wildman–Crippen LogP) is 3.36. The highest BCUT2D eigenvalue weighted by Crippen LogP contribution is 2.30. The lowest BCUT2D eigenvalue weighted by Crippen LogP contribution is -2.13. The Bertz CT molecular complexity index is 998. The number of phenolic OH excluding ortho intramolecular Hbond substituents is 1. The summed E-state index contributed by atoms with van der Waals surface area (Å²) >= 11 is 0. The van der Waals surface area contributed by atoms with E-state index in [9.17, 15) is 13.5 Å². The van der Waals surface area contributed by atoms with E-state index < -0.39 is 10.0 Å². The number of nitrogens with one attached hydrogen (secondary N) is 1. The van der Waals surface area contributed by atoms with E-state index in [1.807, 2.05) is 6.07 Å². The van der Waals surface area contributed by atoms with Crippen LogP contribution in [0.5, 0.6) is 5.75 Å². The number of aryl methyl sites for hydroxylation is 1. The van der Waals surface area contributed by atoms with Crippen molar-refractivity contribution in [3.05, 3.63) is 59.8 Å². The Morgan fingerprint density at radius 1 is 1.09 bits per heavy atom. The monoisotopic (exact) mass is 328 g/mol. The zero-order valence-corrected chi connectivity index (χ0v) is 13.6. The highest BCUT2D eigenvalue weighted by atomic mass is 32.2. The van der Waals surface area contributed by atoms with E-state index in [2.05, 4.69) is 9.71 Å². The third-order valence-electron chi connectivity index (χ3n) is 3.76. The molecule has 0 saturated heterocycles. The number of fused-ring (bicyclic) bond motifs is 1. The van der Waals surface area contributed by atoms with E-state index in [0.29, 0.717) is 16.8 Å². The van der Waals surface area contributed by atoms with E-state index in [4.69, 9.17) is 0 Å². The van der Waals surface area contributed by atoms with Gasteiger partial charge in [0.05, 0.1) is 16.1 Å². The van der Waals surface area contributed by atoms with Crippen molar-refractivity contribution in [2.75, 3.05) is 4.72 Å². The smallest absolute Gasteiger partial charge is 0.261 e. The van der Waals surface area contributed by atoms with E-state index in [1.165, 1.54) is 6.07 Å². The lowest BCUT2D eigenvalue weighted by Gasteiger charge is -2.13. The second kappa shape index (κ2) is 5.55. The van der Waals surface area contributed by atoms with Gasteiger partial charge in [-0.2, -0.15) is 0 Å². The summed E-state index contributed by atoms with van der Waals surface area (Å²) in [6.45, 7) is 3.43. The maximum Gasteiger partial charge on any atom is 0.261 e. The van der Waals surface area contributed by atoms with Crippen molar-refractivity contribution in [1.82, 2.24) is 4.98 Å². The Labute approximate surface area is 134 Å². The quantitative estimate of drug-likeness (QED) is 0.772. The molecule has 0 unspecified atom stereocenters. The molecule has 0 amide bonds. The first kappa shape index (κ1) is 15.3. The molecule has 2 N–H and O–H groups in total. The van der Waals surface area contributed by atoms with Gasteiger partial charge in [-0.05, 0) is 49.7 Å². The fourth-order valence-electron chi connectivity index (χ4n) is 2.37. The van der Waals surface area contributed by atoms with E-state index in [1.54, 1.807) is 50.4 Å². The zero-order chi connectivity index (χ0) is 16.6. The van der Waals surface area contributed by atoms with Crippen molar-refractivity contribution in [3.8, 4) is 5.75 Å². The molecule has 0 aliphatic rings. The Morgan fingerprint density at radius 2 is 1.87 bits per heavy atom. The molecule has 0 aliphatic carbocycles. The molecule has 0 saturated carbocycles. The normalized spacial score (nSPS) is 11.6. The zero-order valence-electron chi connectivity index (χ0n) is 12.7. The third-order valence-corrected chi connectivity index (χ3v) is 5.13. The molecule has 6 heteroatoms. The molecule has 0 radical (unpaired) electrons. The van der Waals surface area contributed by atoms with Crippen LogP contribution in [0.25, 0.3) is 10.9 Å². The van der Waals surface area contributed by atoms with Crippen molar-refractivity contribution < 1.29 is 13.5 Å². The number of aromatic hydroxyl groups is 1. The molecule has 0 fully saturated rings. The Balaban J connectivity index is 2.02. The summed E-state index contributed by atoms with van der Waals surface area (Å²) in [5, 5.41) is 10.7. The molecular weight excluding hydrogens is 312 g/mol. The molecule has 1 aromatic heterocycles. The minimum absolute atomic E-state index is 0.0907. The van der Waals surface area contributed by atoms with Crippen molar-refractivity contribution in [1.29, 1.82) is 0 Å². The molecule has 2 aromatic carbocycles. The molecule has 1 heterocycles. The van der Waals surface area contributed by atoms with Gasteiger partial charge in [0.25, 0.3) is 10.0 Å². The van der Waals surface area contributed by atoms with Crippen molar-refractivity contribution in [2.45, 2.75) is 18.7 Å². The van der Waals surface area contributed by atoms with E-state index in [0.717, 1.165) is 10.9 Å². The van der Waals surface area contributed by atoms with Crippen LogP contribution in [-0.2, 0) is 10.0 Å². The molecule has 3 rings (SSSR count). The van der Waals surface area contributed by atoms with Crippen LogP contribution in [0.2, 0.25) is 0 Å². The topological polar surface area (TPSA) is 79.3 Å². The van der Waals surface area contributed by atoms with Crippen LogP contribution in [0.15, 0.2) is 53.6 Å². The fraction of sp³-hybridized carbons (Fsp3) is 0.118. The lowest BCUT2D eigenvalue weighted by atomic mass is 10.1. The average Bonchev–Trinajstić information content (AvgIpc) is 2.55. The summed E-state index contributed by atoms with van der Waals surface area (Å²) in [7, 11) is -3.75. The lowest BCUT2D eigenvalue weighted by molar-refractivity contribution is 0.467. The predicted molar refractivity (Wildman–Crippen MR) is 90.1 cm³/mol. The van der Waals surface area contributed by atoms with Gasteiger partial charge in [0, 0.05) is 17.1 Å². The average molecular weight is 328 g/mol. The van der Waals surface area contributed by atoms with Crippen LogP contribution in [0.4, 0.5) is 5.69 Å². The van der Waals surface area contributed by atoms with Crippen LogP contribution in [0.3, 0.4) is 0 Å². The number of nitrogens with zero attached hydrogens (tertiary/aromatic N) is 1. The van der Waals surface area contributed by atoms with Crippen LogP contribution >= 0.6 is 0 Å². The number of benzene rings is 2. The Hall–Kier alpha value is -2.60. The van der Waals surface area contributed by atoms with Gasteiger partial charge in [-0.15, -0.1) is 0 Å².